The number of hydrogen-bond acceptors (Lipinski definition) is 11. The molecule has 5 aromatic rings. The summed E-state index contributed by atoms with van der Waals surface area (Å²) in [7, 11) is 4.26. The van der Waals surface area contributed by atoms with Crippen LogP contribution in [0, 0.1) is 22.7 Å². The highest BCUT2D eigenvalue weighted by molar-refractivity contribution is 5.99. The number of carbonyl (C=O) groups excluding carboxylic acids is 2. The number of aromatic amines is 1. The van der Waals surface area contributed by atoms with E-state index in [0.29, 0.717) is 34.7 Å². The van der Waals surface area contributed by atoms with Gasteiger partial charge in [-0.3, -0.25) is 19.8 Å². The SMILES string of the molecule is CN1CC[C@@H](NC(=O)Nc2ccc(C#N)cc2)C[C@@H]1C1=Nc2ccccc2C1.CN1CC[C@@H](NC(=O)Nc2ccc(C#N)cc2)C[C@@H]1C1=Nc2ccccc2C1.O=C(O)/C=C\C(=O)O.c1c[nH]cn1. The van der Waals surface area contributed by atoms with Crippen LogP contribution in [0.15, 0.2) is 138 Å². The van der Waals surface area contributed by atoms with Crippen LogP contribution in [0.5, 0.6) is 0 Å². The predicted molar refractivity (Wildman–Crippen MR) is 263 cm³/mol. The van der Waals surface area contributed by atoms with Gasteiger partial charge >= 0.3 is 24.0 Å². The Hall–Kier alpha value is -8.45. The minimum Gasteiger partial charge on any atom is -0.478 e. The van der Waals surface area contributed by atoms with Gasteiger partial charge in [-0.1, -0.05) is 36.4 Å². The lowest BCUT2D eigenvalue weighted by molar-refractivity contribution is -0.134. The lowest BCUT2D eigenvalue weighted by Crippen LogP contribution is -2.52. The number of para-hydroxylation sites is 2. The molecule has 7 N–H and O–H groups in total. The van der Waals surface area contributed by atoms with E-state index < -0.39 is 11.9 Å². The van der Waals surface area contributed by atoms with Crippen molar-refractivity contribution < 1.29 is 29.4 Å². The van der Waals surface area contributed by atoms with Crippen molar-refractivity contribution in [2.45, 2.75) is 62.7 Å². The van der Waals surface area contributed by atoms with Crippen molar-refractivity contribution in [1.82, 2.24) is 30.4 Å². The molecule has 0 bridgehead atoms. The van der Waals surface area contributed by atoms with E-state index in [1.807, 2.05) is 12.1 Å². The second-order valence-corrected chi connectivity index (χ2v) is 16.6. The Balaban J connectivity index is 0.000000180. The fourth-order valence-electron chi connectivity index (χ4n) is 8.23. The average molecular weight is 931 g/mol. The van der Waals surface area contributed by atoms with E-state index in [-0.39, 0.29) is 36.2 Å². The smallest absolute Gasteiger partial charge is 0.328 e. The molecule has 0 saturated carbocycles. The molecule has 9 rings (SSSR count). The van der Waals surface area contributed by atoms with Gasteiger partial charge in [-0.05, 0) is 112 Å². The number of hydrogen-bond donors (Lipinski definition) is 7. The van der Waals surface area contributed by atoms with Crippen molar-refractivity contribution in [3.8, 4) is 12.1 Å². The first-order chi connectivity index (χ1) is 33.4. The van der Waals surface area contributed by atoms with E-state index in [4.69, 9.17) is 30.7 Å². The number of urea groups is 2. The third kappa shape index (κ3) is 15.3. The number of carboxylic acid groups (broad SMARTS) is 2. The maximum Gasteiger partial charge on any atom is 0.328 e. The molecule has 18 nitrogen and oxygen atoms in total. The molecule has 4 aromatic carbocycles. The molecular weight excluding hydrogens is 877 g/mol. The molecule has 354 valence electrons. The van der Waals surface area contributed by atoms with Crippen LogP contribution in [-0.2, 0) is 22.4 Å². The van der Waals surface area contributed by atoms with E-state index in [2.05, 4.69) is 104 Å². The maximum absolute atomic E-state index is 12.4. The van der Waals surface area contributed by atoms with E-state index in [0.717, 1.165) is 63.0 Å². The molecule has 2 fully saturated rings. The van der Waals surface area contributed by atoms with Gasteiger partial charge in [-0.2, -0.15) is 10.5 Å². The number of carboxylic acids is 2. The zero-order valence-electron chi connectivity index (χ0n) is 38.2. The number of fused-ring (bicyclic) bond motifs is 2. The number of nitriles is 2. The Labute approximate surface area is 400 Å². The molecule has 69 heavy (non-hydrogen) atoms. The second-order valence-electron chi connectivity index (χ2n) is 16.6. The van der Waals surface area contributed by atoms with E-state index >= 15 is 0 Å². The molecule has 4 atom stereocenters. The molecule has 4 aliphatic heterocycles. The first-order valence-corrected chi connectivity index (χ1v) is 22.3. The highest BCUT2D eigenvalue weighted by Crippen LogP contribution is 2.32. The summed E-state index contributed by atoms with van der Waals surface area (Å²) in [6, 6.07) is 34.7. The zero-order chi connectivity index (χ0) is 49.1. The Morgan fingerprint density at radius 3 is 1.41 bits per heavy atom. The summed E-state index contributed by atoms with van der Waals surface area (Å²) in [6.07, 6.45) is 11.5. The van der Waals surface area contributed by atoms with Crippen molar-refractivity contribution in [2.75, 3.05) is 37.8 Å². The Bertz CT molecular complexity index is 2530. The number of nitrogens with one attached hydrogen (secondary N) is 5. The number of benzene rings is 4. The summed E-state index contributed by atoms with van der Waals surface area (Å²) in [4.78, 5) is 64.7. The number of anilines is 2. The van der Waals surface area contributed by atoms with Crippen LogP contribution in [0.25, 0.3) is 0 Å². The highest BCUT2D eigenvalue weighted by Gasteiger charge is 2.34. The molecule has 4 aliphatic rings. The largest absolute Gasteiger partial charge is 0.478 e. The summed E-state index contributed by atoms with van der Waals surface area (Å²) >= 11 is 0. The van der Waals surface area contributed by atoms with Gasteiger partial charge in [0.1, 0.15) is 0 Å². The number of imidazole rings is 1. The third-order valence-electron chi connectivity index (χ3n) is 11.8. The number of H-pyrrole nitrogens is 1. The first-order valence-electron chi connectivity index (χ1n) is 22.3. The normalized spacial score (nSPS) is 19.0. The monoisotopic (exact) mass is 930 g/mol. The fourth-order valence-corrected chi connectivity index (χ4v) is 8.23. The molecule has 0 spiro atoms. The molecule has 1 aromatic heterocycles. The summed E-state index contributed by atoms with van der Waals surface area (Å²) in [5.41, 5.74) is 9.56. The van der Waals surface area contributed by atoms with Crippen molar-refractivity contribution >= 4 is 58.2 Å². The van der Waals surface area contributed by atoms with Crippen LogP contribution >= 0.6 is 0 Å². The van der Waals surface area contributed by atoms with Crippen LogP contribution in [0.1, 0.15) is 47.9 Å². The average Bonchev–Trinajstić information content (AvgIpc) is 4.16. The van der Waals surface area contributed by atoms with Gasteiger partial charge in [0.25, 0.3) is 0 Å². The Morgan fingerprint density at radius 2 is 1.07 bits per heavy atom. The maximum atomic E-state index is 12.4. The summed E-state index contributed by atoms with van der Waals surface area (Å²) in [6.45, 7) is 1.84. The number of aliphatic carboxylic acids is 2. The van der Waals surface area contributed by atoms with E-state index in [9.17, 15) is 19.2 Å². The third-order valence-corrected chi connectivity index (χ3v) is 11.8. The number of nitrogens with zero attached hydrogens (tertiary/aromatic N) is 7. The molecule has 0 unspecified atom stereocenters. The number of rotatable bonds is 8. The van der Waals surface area contributed by atoms with Crippen LogP contribution in [0.4, 0.5) is 32.3 Å². The number of amides is 4. The molecule has 0 aliphatic carbocycles. The van der Waals surface area contributed by atoms with Gasteiger partial charge in [-0.25, -0.2) is 24.2 Å². The van der Waals surface area contributed by atoms with Crippen LogP contribution in [-0.4, -0.2) is 117 Å². The van der Waals surface area contributed by atoms with Gasteiger partial charge in [0.2, 0.25) is 0 Å². The molecule has 4 amide bonds. The number of likely N-dealkylation sites (tertiary alicyclic amines) is 2. The predicted octanol–water partition coefficient (Wildman–Crippen LogP) is 7.06. The van der Waals surface area contributed by atoms with E-state index in [1.54, 1.807) is 67.3 Å². The quantitative estimate of drug-likeness (QED) is 0.0774. The molecule has 2 saturated heterocycles. The van der Waals surface area contributed by atoms with Gasteiger partial charge in [0, 0.05) is 85.4 Å². The Kier molecular flexibility index (Phi) is 18.0. The highest BCUT2D eigenvalue weighted by atomic mass is 16.4. The summed E-state index contributed by atoms with van der Waals surface area (Å²) in [5.74, 6) is -2.51. The standard InChI is InChI=1S/2C22H23N5O.C4H4O4.C3H4N2/c2*1-27-11-10-18(25-22(28)24-17-8-6-15(14-23)7-9-17)13-21(27)20-12-16-4-2-3-5-19(16)26-20;5-3(6)1-2-4(7)8;1-2-5-3-4-1/h2*2-9,18,21H,10-13H2,1H3,(H2,24,25,28);1-2H,(H,5,6)(H,7,8);1-3H,(H,4,5)/b;;2-1-;/t2*18-,21-;;/m11../s1. The number of aliphatic imine (C=N–C) groups is 2. The van der Waals surface area contributed by atoms with Crippen molar-refractivity contribution in [3.63, 3.8) is 0 Å². The topological polar surface area (TPSA) is 264 Å². The van der Waals surface area contributed by atoms with Crippen LogP contribution in [0.2, 0.25) is 0 Å². The van der Waals surface area contributed by atoms with Crippen LogP contribution < -0.4 is 21.3 Å². The van der Waals surface area contributed by atoms with Crippen molar-refractivity contribution in [1.29, 1.82) is 10.5 Å². The molecule has 5 heterocycles. The van der Waals surface area contributed by atoms with Crippen molar-refractivity contribution in [3.05, 3.63) is 150 Å². The van der Waals surface area contributed by atoms with Crippen LogP contribution in [0.3, 0.4) is 0 Å². The number of carbonyl (C=O) groups is 4. The van der Waals surface area contributed by atoms with Gasteiger partial charge in [0.15, 0.2) is 0 Å². The van der Waals surface area contributed by atoms with Gasteiger partial charge in [-0.15, -0.1) is 0 Å². The summed E-state index contributed by atoms with van der Waals surface area (Å²) < 4.78 is 0. The molecular formula is C51H54N12O6. The molecule has 0 radical (unpaired) electrons. The van der Waals surface area contributed by atoms with Crippen molar-refractivity contribution in [2.24, 2.45) is 9.98 Å². The lowest BCUT2D eigenvalue weighted by atomic mass is 9.92. The Morgan fingerprint density at radius 1 is 0.652 bits per heavy atom. The lowest BCUT2D eigenvalue weighted by Gasteiger charge is -2.37. The summed E-state index contributed by atoms with van der Waals surface area (Å²) in [5, 5.41) is 45.2. The van der Waals surface area contributed by atoms with Gasteiger partial charge in [0.05, 0.1) is 53.1 Å². The second kappa shape index (κ2) is 24.9. The minimum atomic E-state index is -1.26. The zero-order valence-corrected chi connectivity index (χ0v) is 38.2. The van der Waals surface area contributed by atoms with E-state index in [1.165, 1.54) is 22.6 Å². The van der Waals surface area contributed by atoms with Gasteiger partial charge < -0.3 is 36.5 Å². The first kappa shape index (κ1) is 50.0. The number of aromatic nitrogens is 2. The molecule has 18 heteroatoms. The number of piperidine rings is 2. The minimum absolute atomic E-state index is 0.103. The fraction of sp³-hybridized carbons (Fsp3) is 0.275.